The third-order valence-electron chi connectivity index (χ3n) is 2.90. The molecule has 2 atom stereocenters. The van der Waals surface area contributed by atoms with Gasteiger partial charge in [0.05, 0.1) is 6.10 Å². The second kappa shape index (κ2) is 5.06. The molecule has 2 nitrogen and oxygen atoms in total. The quantitative estimate of drug-likeness (QED) is 0.783. The molecule has 4 heteroatoms. The lowest BCUT2D eigenvalue weighted by atomic mass is 9.97. The van der Waals surface area contributed by atoms with E-state index in [2.05, 4.69) is 0 Å². The number of hydrogen-bond donors (Lipinski definition) is 2. The molecular weight excluding hydrogens is 225 g/mol. The number of hydrogen-bond acceptors (Lipinski definition) is 3. The lowest BCUT2D eigenvalue weighted by Gasteiger charge is -2.27. The van der Waals surface area contributed by atoms with Crippen LogP contribution in [0.25, 0.3) is 0 Å². The number of benzene rings is 1. The summed E-state index contributed by atoms with van der Waals surface area (Å²) in [4.78, 5) is 0.583. The van der Waals surface area contributed by atoms with Crippen LogP contribution in [-0.2, 0) is 0 Å². The fraction of sp³-hybridized carbons (Fsp3) is 0.500. The van der Waals surface area contributed by atoms with E-state index in [1.165, 1.54) is 17.8 Å². The van der Waals surface area contributed by atoms with Crippen LogP contribution < -0.4 is 5.73 Å². The van der Waals surface area contributed by atoms with Crippen molar-refractivity contribution in [2.75, 3.05) is 5.73 Å². The Kier molecular flexibility index (Phi) is 3.71. The first kappa shape index (κ1) is 11.7. The first-order valence-electron chi connectivity index (χ1n) is 5.56. The first-order valence-corrected chi connectivity index (χ1v) is 6.44. The molecule has 1 saturated carbocycles. The van der Waals surface area contributed by atoms with E-state index in [0.29, 0.717) is 10.6 Å². The molecular formula is C12H16FNOS. The van der Waals surface area contributed by atoms with Crippen LogP contribution in [0, 0.1) is 5.82 Å². The van der Waals surface area contributed by atoms with Crippen LogP contribution in [0.5, 0.6) is 0 Å². The summed E-state index contributed by atoms with van der Waals surface area (Å²) < 4.78 is 13.6. The maximum Gasteiger partial charge on any atom is 0.138 e. The van der Waals surface area contributed by atoms with E-state index in [4.69, 9.17) is 5.73 Å². The monoisotopic (exact) mass is 241 g/mol. The predicted octanol–water partition coefficient (Wildman–Crippen LogP) is 2.80. The van der Waals surface area contributed by atoms with E-state index < -0.39 is 0 Å². The highest BCUT2D eigenvalue weighted by Gasteiger charge is 2.24. The summed E-state index contributed by atoms with van der Waals surface area (Å²) >= 11 is 1.43. The third-order valence-corrected chi connectivity index (χ3v) is 4.34. The number of halogens is 1. The number of nitrogens with two attached hydrogens (primary N) is 1. The van der Waals surface area contributed by atoms with E-state index in [1.807, 2.05) is 0 Å². The lowest BCUT2D eigenvalue weighted by Crippen LogP contribution is -2.26. The van der Waals surface area contributed by atoms with Crippen LogP contribution in [-0.4, -0.2) is 16.5 Å². The number of thioether (sulfide) groups is 1. The van der Waals surface area contributed by atoms with Gasteiger partial charge in [0.15, 0.2) is 0 Å². The number of nitrogen functional groups attached to an aromatic ring is 1. The van der Waals surface area contributed by atoms with Gasteiger partial charge in [-0.25, -0.2) is 4.39 Å². The van der Waals surface area contributed by atoms with E-state index >= 15 is 0 Å². The Hall–Kier alpha value is -0.740. The smallest absolute Gasteiger partial charge is 0.138 e. The predicted molar refractivity (Wildman–Crippen MR) is 64.9 cm³/mol. The van der Waals surface area contributed by atoms with Crippen LogP contribution >= 0.6 is 11.8 Å². The highest BCUT2D eigenvalue weighted by molar-refractivity contribution is 8.00. The standard InChI is InChI=1S/C12H16FNOS/c13-9-7-8(14)5-6-11(9)16-12-4-2-1-3-10(12)15/h5-7,10,12,15H,1-4,14H2. The number of rotatable bonds is 2. The molecule has 0 aliphatic heterocycles. The summed E-state index contributed by atoms with van der Waals surface area (Å²) in [6, 6.07) is 4.72. The molecule has 0 spiro atoms. The van der Waals surface area contributed by atoms with Gasteiger partial charge in [0.25, 0.3) is 0 Å². The number of anilines is 1. The van der Waals surface area contributed by atoms with Crippen LogP contribution in [0.1, 0.15) is 25.7 Å². The summed E-state index contributed by atoms with van der Waals surface area (Å²) in [6.07, 6.45) is 3.66. The maximum atomic E-state index is 13.6. The first-order chi connectivity index (χ1) is 7.66. The molecule has 1 aromatic rings. The molecule has 16 heavy (non-hydrogen) atoms. The van der Waals surface area contributed by atoms with Crippen molar-refractivity contribution in [1.82, 2.24) is 0 Å². The van der Waals surface area contributed by atoms with Gasteiger partial charge < -0.3 is 10.8 Å². The minimum Gasteiger partial charge on any atom is -0.399 e. The summed E-state index contributed by atoms with van der Waals surface area (Å²) in [5.41, 5.74) is 5.93. The average Bonchev–Trinajstić information content (AvgIpc) is 2.25. The molecule has 0 radical (unpaired) electrons. The van der Waals surface area contributed by atoms with Crippen LogP contribution in [0.2, 0.25) is 0 Å². The third kappa shape index (κ3) is 2.68. The second-order valence-corrected chi connectivity index (χ2v) is 5.48. The normalized spacial score (nSPS) is 25.6. The van der Waals surface area contributed by atoms with E-state index in [0.717, 1.165) is 25.7 Å². The molecule has 0 saturated heterocycles. The minimum absolute atomic E-state index is 0.117. The van der Waals surface area contributed by atoms with Gasteiger partial charge in [-0.05, 0) is 31.0 Å². The van der Waals surface area contributed by atoms with Gasteiger partial charge in [0.1, 0.15) is 5.82 Å². The van der Waals surface area contributed by atoms with Crippen LogP contribution in [0.3, 0.4) is 0 Å². The average molecular weight is 241 g/mol. The maximum absolute atomic E-state index is 13.6. The molecule has 1 aliphatic carbocycles. The fourth-order valence-electron chi connectivity index (χ4n) is 1.99. The van der Waals surface area contributed by atoms with Crippen LogP contribution in [0.15, 0.2) is 23.1 Å². The molecule has 2 unspecified atom stereocenters. The Morgan fingerprint density at radius 1 is 1.31 bits per heavy atom. The molecule has 2 rings (SSSR count). The van der Waals surface area contributed by atoms with Gasteiger partial charge in [0, 0.05) is 15.8 Å². The van der Waals surface area contributed by atoms with Gasteiger partial charge in [-0.3, -0.25) is 0 Å². The van der Waals surface area contributed by atoms with E-state index in [1.54, 1.807) is 12.1 Å². The van der Waals surface area contributed by atoms with E-state index in [-0.39, 0.29) is 17.2 Å². The zero-order valence-corrected chi connectivity index (χ0v) is 9.84. The van der Waals surface area contributed by atoms with Crippen molar-refractivity contribution in [3.05, 3.63) is 24.0 Å². The summed E-state index contributed by atoms with van der Waals surface area (Å²) in [5, 5.41) is 9.93. The Morgan fingerprint density at radius 2 is 2.06 bits per heavy atom. The summed E-state index contributed by atoms with van der Waals surface area (Å²) in [5.74, 6) is -0.289. The molecule has 1 aliphatic rings. The Labute approximate surface area is 99.0 Å². The SMILES string of the molecule is Nc1ccc(SC2CCCCC2O)c(F)c1. The lowest BCUT2D eigenvalue weighted by molar-refractivity contribution is 0.137. The van der Waals surface area contributed by atoms with Gasteiger partial charge in [-0.1, -0.05) is 12.8 Å². The van der Waals surface area contributed by atoms with Gasteiger partial charge >= 0.3 is 0 Å². The molecule has 88 valence electrons. The summed E-state index contributed by atoms with van der Waals surface area (Å²) in [7, 11) is 0. The second-order valence-electron chi connectivity index (χ2n) is 4.20. The molecule has 0 bridgehead atoms. The topological polar surface area (TPSA) is 46.2 Å². The molecule has 0 aromatic heterocycles. The fourth-order valence-corrected chi connectivity index (χ4v) is 3.21. The van der Waals surface area contributed by atoms with Gasteiger partial charge in [0.2, 0.25) is 0 Å². The summed E-state index contributed by atoms with van der Waals surface area (Å²) in [6.45, 7) is 0. The highest BCUT2D eigenvalue weighted by atomic mass is 32.2. The largest absolute Gasteiger partial charge is 0.399 e. The molecule has 0 amide bonds. The number of aliphatic hydroxyl groups excluding tert-OH is 1. The zero-order chi connectivity index (χ0) is 11.5. The molecule has 0 heterocycles. The zero-order valence-electron chi connectivity index (χ0n) is 9.03. The minimum atomic E-state index is -0.310. The molecule has 1 aromatic carbocycles. The molecule has 1 fully saturated rings. The Morgan fingerprint density at radius 3 is 2.75 bits per heavy atom. The van der Waals surface area contributed by atoms with Crippen molar-refractivity contribution in [3.63, 3.8) is 0 Å². The van der Waals surface area contributed by atoms with E-state index in [9.17, 15) is 9.50 Å². The van der Waals surface area contributed by atoms with Crippen molar-refractivity contribution in [2.24, 2.45) is 0 Å². The number of aliphatic hydroxyl groups is 1. The van der Waals surface area contributed by atoms with Gasteiger partial charge in [-0.2, -0.15) is 0 Å². The Balaban J connectivity index is 2.07. The highest BCUT2D eigenvalue weighted by Crippen LogP contribution is 2.35. The van der Waals surface area contributed by atoms with Crippen molar-refractivity contribution < 1.29 is 9.50 Å². The van der Waals surface area contributed by atoms with Crippen molar-refractivity contribution in [2.45, 2.75) is 41.9 Å². The van der Waals surface area contributed by atoms with Crippen molar-refractivity contribution in [1.29, 1.82) is 0 Å². The van der Waals surface area contributed by atoms with Crippen molar-refractivity contribution >= 4 is 17.4 Å². The van der Waals surface area contributed by atoms with Crippen molar-refractivity contribution in [3.8, 4) is 0 Å². The van der Waals surface area contributed by atoms with Crippen LogP contribution in [0.4, 0.5) is 10.1 Å². The van der Waals surface area contributed by atoms with Gasteiger partial charge in [-0.15, -0.1) is 11.8 Å². The Bertz CT molecular complexity index is 372. The molecule has 3 N–H and O–H groups in total.